The predicted molar refractivity (Wildman–Crippen MR) is 72.8 cm³/mol. The van der Waals surface area contributed by atoms with E-state index in [1.807, 2.05) is 0 Å². The first kappa shape index (κ1) is 24.0. The van der Waals surface area contributed by atoms with Crippen molar-refractivity contribution in [3.8, 4) is 5.75 Å². The molecule has 1 rings (SSSR count). The summed E-state index contributed by atoms with van der Waals surface area (Å²) in [6.45, 7) is 0.692. The van der Waals surface area contributed by atoms with Crippen LogP contribution in [0.3, 0.4) is 0 Å². The smallest absolute Gasteiger partial charge is 0.384 e. The van der Waals surface area contributed by atoms with Gasteiger partial charge >= 0.3 is 36.0 Å². The molecule has 0 unspecified atom stereocenters. The van der Waals surface area contributed by atoms with Crippen molar-refractivity contribution in [3.05, 3.63) is 36.4 Å². The molecule has 28 heavy (non-hydrogen) atoms. The van der Waals surface area contributed by atoms with Gasteiger partial charge in [-0.05, 0) is 17.7 Å². The van der Waals surface area contributed by atoms with E-state index in [0.717, 1.165) is 12.1 Å². The van der Waals surface area contributed by atoms with Crippen LogP contribution in [-0.4, -0.2) is 42.6 Å². The summed E-state index contributed by atoms with van der Waals surface area (Å²) in [5, 5.41) is 0. The van der Waals surface area contributed by atoms with Crippen molar-refractivity contribution < 1.29 is 57.4 Å². The van der Waals surface area contributed by atoms with Crippen LogP contribution >= 0.6 is 0 Å². The molecule has 0 radical (unpaired) electrons. The summed E-state index contributed by atoms with van der Waals surface area (Å²) in [6.07, 6.45) is -4.25. The summed E-state index contributed by atoms with van der Waals surface area (Å²) in [6, 6.07) is 4.15. The minimum atomic E-state index is -7.56. The Labute approximate surface area is 149 Å². The van der Waals surface area contributed by atoms with Crippen molar-refractivity contribution in [1.82, 2.24) is 0 Å². The van der Waals surface area contributed by atoms with Gasteiger partial charge in [-0.1, -0.05) is 24.8 Å². The number of benzene rings is 1. The van der Waals surface area contributed by atoms with Crippen molar-refractivity contribution in [2.75, 3.05) is 6.61 Å². The first-order valence-electron chi connectivity index (χ1n) is 6.98. The van der Waals surface area contributed by atoms with Crippen LogP contribution in [0.5, 0.6) is 5.75 Å². The van der Waals surface area contributed by atoms with Crippen LogP contribution in [0.1, 0.15) is 5.56 Å². The van der Waals surface area contributed by atoms with Crippen LogP contribution in [0, 0.1) is 0 Å². The van der Waals surface area contributed by atoms with Gasteiger partial charge < -0.3 is 4.74 Å². The van der Waals surface area contributed by atoms with Gasteiger partial charge in [0.1, 0.15) is 5.75 Å². The molecular formula is C15H10F12O. The molecule has 0 heterocycles. The fraction of sp³-hybridized carbons (Fsp3) is 0.467. The maximum absolute atomic E-state index is 13.5. The Hall–Kier alpha value is -2.08. The Balaban J connectivity index is 3.16. The fourth-order valence-electron chi connectivity index (χ4n) is 1.74. The molecule has 0 saturated carbocycles. The highest BCUT2D eigenvalue weighted by Crippen LogP contribution is 2.58. The molecule has 0 aliphatic rings. The van der Waals surface area contributed by atoms with Gasteiger partial charge in [-0.15, -0.1) is 0 Å². The third kappa shape index (κ3) is 3.75. The van der Waals surface area contributed by atoms with E-state index in [1.165, 1.54) is 18.2 Å². The predicted octanol–water partition coefficient (Wildman–Crippen LogP) is 6.15. The number of alkyl halides is 12. The first-order chi connectivity index (χ1) is 12.5. The molecule has 0 aliphatic carbocycles. The van der Waals surface area contributed by atoms with Crippen LogP contribution in [-0.2, 0) is 0 Å². The summed E-state index contributed by atoms with van der Waals surface area (Å²) in [4.78, 5) is 0. The SMILES string of the molecule is C=Cc1ccc(OCC(F)(F)C(F)(F)C(F)(F)C(F)(F)C(F)(F)C(F)F)cc1. The summed E-state index contributed by atoms with van der Waals surface area (Å²) in [5.41, 5.74) is 0.407. The highest BCUT2D eigenvalue weighted by molar-refractivity contribution is 5.48. The molecule has 160 valence electrons. The average molecular weight is 434 g/mol. The Morgan fingerprint density at radius 2 is 1.25 bits per heavy atom. The number of hydrogen-bond acceptors (Lipinski definition) is 1. The molecular weight excluding hydrogens is 424 g/mol. The van der Waals surface area contributed by atoms with Gasteiger partial charge in [0.25, 0.3) is 0 Å². The summed E-state index contributed by atoms with van der Waals surface area (Å²) >= 11 is 0. The Morgan fingerprint density at radius 1 is 0.786 bits per heavy atom. The van der Waals surface area contributed by atoms with Crippen molar-refractivity contribution in [2.24, 2.45) is 0 Å². The van der Waals surface area contributed by atoms with E-state index in [1.54, 1.807) is 0 Å². The molecule has 0 N–H and O–H groups in total. The molecule has 1 aromatic rings. The lowest BCUT2D eigenvalue weighted by Crippen LogP contribution is -2.69. The molecule has 0 aliphatic heterocycles. The van der Waals surface area contributed by atoms with E-state index >= 15 is 0 Å². The monoisotopic (exact) mass is 434 g/mol. The van der Waals surface area contributed by atoms with Crippen LogP contribution < -0.4 is 4.74 Å². The molecule has 0 saturated heterocycles. The molecule has 0 atom stereocenters. The van der Waals surface area contributed by atoms with Crippen molar-refractivity contribution in [2.45, 2.75) is 36.0 Å². The van der Waals surface area contributed by atoms with Gasteiger partial charge in [0.2, 0.25) is 0 Å². The second kappa shape index (κ2) is 7.39. The molecule has 0 bridgehead atoms. The van der Waals surface area contributed by atoms with Gasteiger partial charge in [-0.2, -0.15) is 43.9 Å². The fourth-order valence-corrected chi connectivity index (χ4v) is 1.74. The summed E-state index contributed by atoms with van der Waals surface area (Å²) in [5.74, 6) is -36.0. The quantitative estimate of drug-likeness (QED) is 0.424. The normalized spacial score (nSPS) is 14.3. The van der Waals surface area contributed by atoms with Crippen LogP contribution in [0.15, 0.2) is 30.8 Å². The van der Waals surface area contributed by atoms with E-state index in [0.29, 0.717) is 5.56 Å². The van der Waals surface area contributed by atoms with Gasteiger partial charge in [0, 0.05) is 0 Å². The molecule has 1 aromatic carbocycles. The van der Waals surface area contributed by atoms with E-state index < -0.39 is 48.4 Å². The number of ether oxygens (including phenoxy) is 1. The maximum atomic E-state index is 13.5. The molecule has 0 aromatic heterocycles. The largest absolute Gasteiger partial charge is 0.487 e. The van der Waals surface area contributed by atoms with E-state index in [2.05, 4.69) is 11.3 Å². The van der Waals surface area contributed by atoms with Gasteiger partial charge in [-0.25, -0.2) is 8.78 Å². The van der Waals surface area contributed by atoms with Crippen LogP contribution in [0.4, 0.5) is 52.7 Å². The van der Waals surface area contributed by atoms with Gasteiger partial charge in [0.05, 0.1) is 0 Å². The molecule has 0 spiro atoms. The number of rotatable bonds is 9. The summed E-state index contributed by atoms with van der Waals surface area (Å²) in [7, 11) is 0. The lowest BCUT2D eigenvalue weighted by Gasteiger charge is -2.39. The maximum Gasteiger partial charge on any atom is 0.384 e. The molecule has 1 nitrogen and oxygen atoms in total. The average Bonchev–Trinajstić information content (AvgIpc) is 2.59. The second-order valence-corrected chi connectivity index (χ2v) is 5.41. The topological polar surface area (TPSA) is 9.23 Å². The third-order valence-corrected chi connectivity index (χ3v) is 3.48. The molecule has 13 heteroatoms. The van der Waals surface area contributed by atoms with Crippen LogP contribution in [0.2, 0.25) is 0 Å². The van der Waals surface area contributed by atoms with Gasteiger partial charge in [0.15, 0.2) is 6.61 Å². The zero-order valence-corrected chi connectivity index (χ0v) is 13.3. The van der Waals surface area contributed by atoms with Crippen molar-refractivity contribution >= 4 is 6.08 Å². The molecule has 0 amide bonds. The zero-order chi connectivity index (χ0) is 22.2. The number of halogens is 12. The molecule has 0 fully saturated rings. The van der Waals surface area contributed by atoms with Gasteiger partial charge in [-0.3, -0.25) is 0 Å². The standard InChI is InChI=1S/C15H10F12O/c1-2-8-3-5-9(6-4-8)28-7-11(18,19)13(22,23)15(26,27)14(24,25)12(20,21)10(16)17/h2-6,10H,1,7H2. The van der Waals surface area contributed by atoms with E-state index in [9.17, 15) is 52.7 Å². The number of hydrogen-bond donors (Lipinski definition) is 0. The lowest BCUT2D eigenvalue weighted by molar-refractivity contribution is -0.414. The minimum absolute atomic E-state index is 0.407. The third-order valence-electron chi connectivity index (χ3n) is 3.48. The lowest BCUT2D eigenvalue weighted by atomic mass is 9.94. The van der Waals surface area contributed by atoms with Crippen LogP contribution in [0.25, 0.3) is 6.08 Å². The second-order valence-electron chi connectivity index (χ2n) is 5.41. The van der Waals surface area contributed by atoms with Crippen molar-refractivity contribution in [1.29, 1.82) is 0 Å². The Kier molecular flexibility index (Phi) is 6.32. The van der Waals surface area contributed by atoms with E-state index in [4.69, 9.17) is 0 Å². The zero-order valence-electron chi connectivity index (χ0n) is 13.3. The summed E-state index contributed by atoms with van der Waals surface area (Å²) < 4.78 is 160. The minimum Gasteiger partial charge on any atom is -0.487 e. The van der Waals surface area contributed by atoms with E-state index in [-0.39, 0.29) is 0 Å². The highest BCUT2D eigenvalue weighted by atomic mass is 19.4. The van der Waals surface area contributed by atoms with Crippen molar-refractivity contribution in [3.63, 3.8) is 0 Å². The Morgan fingerprint density at radius 3 is 1.64 bits per heavy atom. The Bertz CT molecular complexity index is 681. The highest BCUT2D eigenvalue weighted by Gasteiger charge is 2.87. The first-order valence-corrected chi connectivity index (χ1v) is 6.98.